The van der Waals surface area contributed by atoms with E-state index in [1.54, 1.807) is 12.1 Å². The number of benzene rings is 2. The SMILES string of the molecule is CCOc1cc(C(=O)NCC#Cc2ccccc2)cc(OCC)c1OCC. The highest BCUT2D eigenvalue weighted by molar-refractivity contribution is 5.95. The Bertz CT molecular complexity index is 779. The van der Waals surface area contributed by atoms with Crippen molar-refractivity contribution in [1.82, 2.24) is 5.32 Å². The molecule has 1 amide bonds. The van der Waals surface area contributed by atoms with Crippen LogP contribution in [0.4, 0.5) is 0 Å². The topological polar surface area (TPSA) is 56.8 Å². The highest BCUT2D eigenvalue weighted by Crippen LogP contribution is 2.39. The molecule has 2 aromatic carbocycles. The van der Waals surface area contributed by atoms with Gasteiger partial charge in [0, 0.05) is 11.1 Å². The molecule has 0 spiro atoms. The van der Waals surface area contributed by atoms with E-state index in [9.17, 15) is 4.79 Å². The first kappa shape index (κ1) is 20.2. The Morgan fingerprint density at radius 3 is 2.07 bits per heavy atom. The van der Waals surface area contributed by atoms with Gasteiger partial charge < -0.3 is 19.5 Å². The highest BCUT2D eigenvalue weighted by atomic mass is 16.5. The van der Waals surface area contributed by atoms with Crippen LogP contribution in [0.5, 0.6) is 17.2 Å². The molecular formula is C22H25NO4. The largest absolute Gasteiger partial charge is 0.490 e. The van der Waals surface area contributed by atoms with E-state index in [1.807, 2.05) is 51.1 Å². The maximum absolute atomic E-state index is 12.5. The molecule has 0 unspecified atom stereocenters. The monoisotopic (exact) mass is 367 g/mol. The number of ether oxygens (including phenoxy) is 3. The minimum atomic E-state index is -0.248. The standard InChI is InChI=1S/C22H25NO4/c1-4-25-19-15-18(16-20(26-5-2)21(19)27-6-3)22(24)23-14-10-13-17-11-8-7-9-12-17/h7-9,11-12,15-16H,4-6,14H2,1-3H3,(H,23,24). The lowest BCUT2D eigenvalue weighted by molar-refractivity contribution is 0.0957. The molecule has 0 aromatic heterocycles. The number of hydrogen-bond donors (Lipinski definition) is 1. The van der Waals surface area contributed by atoms with E-state index in [0.717, 1.165) is 5.56 Å². The van der Waals surface area contributed by atoms with Gasteiger partial charge >= 0.3 is 0 Å². The van der Waals surface area contributed by atoms with E-state index in [1.165, 1.54) is 0 Å². The van der Waals surface area contributed by atoms with Crippen molar-refractivity contribution in [2.24, 2.45) is 0 Å². The fourth-order valence-corrected chi connectivity index (χ4v) is 2.41. The Morgan fingerprint density at radius 2 is 1.52 bits per heavy atom. The second-order valence-corrected chi connectivity index (χ2v) is 5.45. The summed E-state index contributed by atoms with van der Waals surface area (Å²) in [4.78, 5) is 12.5. The molecule has 0 radical (unpaired) electrons. The number of nitrogens with one attached hydrogen (secondary N) is 1. The molecule has 1 N–H and O–H groups in total. The molecule has 5 heteroatoms. The van der Waals surface area contributed by atoms with Gasteiger partial charge in [-0.3, -0.25) is 4.79 Å². The zero-order valence-corrected chi connectivity index (χ0v) is 16.0. The molecule has 0 saturated heterocycles. The number of rotatable bonds is 8. The summed E-state index contributed by atoms with van der Waals surface area (Å²) < 4.78 is 16.9. The van der Waals surface area contributed by atoms with Crippen LogP contribution in [-0.4, -0.2) is 32.3 Å². The Morgan fingerprint density at radius 1 is 0.926 bits per heavy atom. The van der Waals surface area contributed by atoms with Crippen molar-refractivity contribution in [3.05, 3.63) is 53.6 Å². The summed E-state index contributed by atoms with van der Waals surface area (Å²) in [6.45, 7) is 7.27. The van der Waals surface area contributed by atoms with Crippen LogP contribution in [-0.2, 0) is 0 Å². The van der Waals surface area contributed by atoms with Crippen LogP contribution >= 0.6 is 0 Å². The fraction of sp³-hybridized carbons (Fsp3) is 0.318. The first-order chi connectivity index (χ1) is 13.2. The predicted octanol–water partition coefficient (Wildman–Crippen LogP) is 3.66. The molecule has 0 aliphatic heterocycles. The number of carbonyl (C=O) groups is 1. The van der Waals surface area contributed by atoms with Crippen molar-refractivity contribution in [2.45, 2.75) is 20.8 Å². The van der Waals surface area contributed by atoms with E-state index < -0.39 is 0 Å². The summed E-state index contributed by atoms with van der Waals surface area (Å²) in [5, 5.41) is 2.79. The van der Waals surface area contributed by atoms with Gasteiger partial charge in [0.2, 0.25) is 5.75 Å². The number of hydrogen-bond acceptors (Lipinski definition) is 4. The minimum Gasteiger partial charge on any atom is -0.490 e. The number of carbonyl (C=O) groups excluding carboxylic acids is 1. The molecular weight excluding hydrogens is 342 g/mol. The molecule has 0 bridgehead atoms. The van der Waals surface area contributed by atoms with Gasteiger partial charge in [0.25, 0.3) is 5.91 Å². The summed E-state index contributed by atoms with van der Waals surface area (Å²) in [6, 6.07) is 13.0. The van der Waals surface area contributed by atoms with Crippen LogP contribution in [0.15, 0.2) is 42.5 Å². The maximum atomic E-state index is 12.5. The Balaban J connectivity index is 2.15. The predicted molar refractivity (Wildman–Crippen MR) is 106 cm³/mol. The van der Waals surface area contributed by atoms with Gasteiger partial charge in [0.1, 0.15) is 0 Å². The fourth-order valence-electron chi connectivity index (χ4n) is 2.41. The molecule has 27 heavy (non-hydrogen) atoms. The zero-order valence-electron chi connectivity index (χ0n) is 16.0. The molecule has 5 nitrogen and oxygen atoms in total. The first-order valence-corrected chi connectivity index (χ1v) is 9.08. The maximum Gasteiger partial charge on any atom is 0.252 e. The smallest absolute Gasteiger partial charge is 0.252 e. The molecule has 2 rings (SSSR count). The lowest BCUT2D eigenvalue weighted by Crippen LogP contribution is -2.23. The second-order valence-electron chi connectivity index (χ2n) is 5.45. The third kappa shape index (κ3) is 5.96. The van der Waals surface area contributed by atoms with E-state index in [0.29, 0.717) is 42.6 Å². The molecule has 2 aromatic rings. The Hall–Kier alpha value is -3.13. The molecule has 0 aliphatic carbocycles. The van der Waals surface area contributed by atoms with Gasteiger partial charge in [-0.15, -0.1) is 0 Å². The van der Waals surface area contributed by atoms with Crippen molar-refractivity contribution in [3.8, 4) is 29.1 Å². The summed E-state index contributed by atoms with van der Waals surface area (Å²) in [5.74, 6) is 7.20. The summed E-state index contributed by atoms with van der Waals surface area (Å²) in [6.07, 6.45) is 0. The lowest BCUT2D eigenvalue weighted by Gasteiger charge is -2.16. The minimum absolute atomic E-state index is 0.245. The van der Waals surface area contributed by atoms with Crippen LogP contribution in [0.25, 0.3) is 0 Å². The van der Waals surface area contributed by atoms with E-state index in [-0.39, 0.29) is 12.5 Å². The summed E-state index contributed by atoms with van der Waals surface area (Å²) in [7, 11) is 0. The first-order valence-electron chi connectivity index (χ1n) is 9.08. The Kier molecular flexibility index (Phi) is 8.05. The molecule has 0 aliphatic rings. The van der Waals surface area contributed by atoms with E-state index in [2.05, 4.69) is 17.2 Å². The quantitative estimate of drug-likeness (QED) is 0.724. The van der Waals surface area contributed by atoms with Crippen LogP contribution in [0.1, 0.15) is 36.7 Å². The van der Waals surface area contributed by atoms with Crippen LogP contribution in [0.3, 0.4) is 0 Å². The third-order valence-corrected chi connectivity index (χ3v) is 3.52. The molecule has 0 saturated carbocycles. The van der Waals surface area contributed by atoms with Crippen LogP contribution in [0, 0.1) is 11.8 Å². The Labute approximate surface area is 160 Å². The summed E-state index contributed by atoms with van der Waals surface area (Å²) in [5.41, 5.74) is 1.34. The molecule has 142 valence electrons. The highest BCUT2D eigenvalue weighted by Gasteiger charge is 2.18. The van der Waals surface area contributed by atoms with Gasteiger partial charge in [-0.2, -0.15) is 0 Å². The van der Waals surface area contributed by atoms with Crippen molar-refractivity contribution in [3.63, 3.8) is 0 Å². The summed E-state index contributed by atoms with van der Waals surface area (Å²) >= 11 is 0. The van der Waals surface area contributed by atoms with Gasteiger partial charge in [-0.25, -0.2) is 0 Å². The average molecular weight is 367 g/mol. The van der Waals surface area contributed by atoms with Gasteiger partial charge in [-0.05, 0) is 45.0 Å². The van der Waals surface area contributed by atoms with E-state index in [4.69, 9.17) is 14.2 Å². The van der Waals surface area contributed by atoms with Crippen LogP contribution in [0.2, 0.25) is 0 Å². The van der Waals surface area contributed by atoms with Crippen molar-refractivity contribution in [2.75, 3.05) is 26.4 Å². The van der Waals surface area contributed by atoms with Crippen molar-refractivity contribution >= 4 is 5.91 Å². The van der Waals surface area contributed by atoms with Crippen LogP contribution < -0.4 is 19.5 Å². The van der Waals surface area contributed by atoms with Gasteiger partial charge in [-0.1, -0.05) is 30.0 Å². The van der Waals surface area contributed by atoms with Crippen molar-refractivity contribution in [1.29, 1.82) is 0 Å². The third-order valence-electron chi connectivity index (χ3n) is 3.52. The second kappa shape index (κ2) is 10.8. The molecule has 0 heterocycles. The van der Waals surface area contributed by atoms with Gasteiger partial charge in [0.15, 0.2) is 11.5 Å². The van der Waals surface area contributed by atoms with E-state index >= 15 is 0 Å². The average Bonchev–Trinajstić information content (AvgIpc) is 2.68. The van der Waals surface area contributed by atoms with Crippen molar-refractivity contribution < 1.29 is 19.0 Å². The number of amides is 1. The molecule has 0 atom stereocenters. The van der Waals surface area contributed by atoms with Gasteiger partial charge in [0.05, 0.1) is 26.4 Å². The molecule has 0 fully saturated rings. The normalized spacial score (nSPS) is 9.74. The lowest BCUT2D eigenvalue weighted by atomic mass is 10.1. The zero-order chi connectivity index (χ0) is 19.5.